The van der Waals surface area contributed by atoms with Crippen molar-refractivity contribution < 1.29 is 5.11 Å². The summed E-state index contributed by atoms with van der Waals surface area (Å²) in [5.41, 5.74) is 0.990. The van der Waals surface area contributed by atoms with Crippen LogP contribution in [-0.2, 0) is 0 Å². The van der Waals surface area contributed by atoms with Crippen molar-refractivity contribution in [2.24, 2.45) is 0 Å². The van der Waals surface area contributed by atoms with Crippen molar-refractivity contribution in [2.75, 3.05) is 6.61 Å². The summed E-state index contributed by atoms with van der Waals surface area (Å²) in [4.78, 5) is 2.46. The number of aryl methyl sites for hydroxylation is 1. The molecular formula is C9H11BrOS. The van der Waals surface area contributed by atoms with E-state index in [1.54, 1.807) is 11.3 Å². The van der Waals surface area contributed by atoms with Crippen molar-refractivity contribution in [3.8, 4) is 0 Å². The van der Waals surface area contributed by atoms with Gasteiger partial charge in [0, 0.05) is 14.2 Å². The first-order valence-electron chi connectivity index (χ1n) is 3.67. The fourth-order valence-electron chi connectivity index (χ4n) is 0.841. The smallest absolute Gasteiger partial charge is 0.0642 e. The van der Waals surface area contributed by atoms with Gasteiger partial charge in [-0.25, -0.2) is 0 Å². The van der Waals surface area contributed by atoms with E-state index in [4.69, 9.17) is 5.11 Å². The molecule has 1 aromatic rings. The van der Waals surface area contributed by atoms with E-state index in [1.807, 2.05) is 13.0 Å². The van der Waals surface area contributed by atoms with E-state index in [9.17, 15) is 0 Å². The van der Waals surface area contributed by atoms with Gasteiger partial charge in [-0.2, -0.15) is 0 Å². The van der Waals surface area contributed by atoms with Gasteiger partial charge in [-0.3, -0.25) is 0 Å². The molecule has 0 saturated carbocycles. The van der Waals surface area contributed by atoms with Crippen molar-refractivity contribution in [1.82, 2.24) is 0 Å². The Kier molecular flexibility index (Phi) is 3.50. The number of hydrogen-bond donors (Lipinski definition) is 1. The Bertz CT molecular complexity index is 282. The first-order valence-corrected chi connectivity index (χ1v) is 5.28. The van der Waals surface area contributed by atoms with Gasteiger partial charge in [-0.1, -0.05) is 0 Å². The van der Waals surface area contributed by atoms with Crippen LogP contribution in [0.3, 0.4) is 0 Å². The quantitative estimate of drug-likeness (QED) is 0.850. The van der Waals surface area contributed by atoms with Crippen molar-refractivity contribution in [3.05, 3.63) is 25.9 Å². The third kappa shape index (κ3) is 2.44. The molecule has 1 nitrogen and oxygen atoms in total. The number of rotatable bonds is 2. The zero-order valence-corrected chi connectivity index (χ0v) is 9.50. The fourth-order valence-corrected chi connectivity index (χ4v) is 2.43. The second-order valence-electron chi connectivity index (χ2n) is 2.70. The summed E-state index contributed by atoms with van der Waals surface area (Å²) in [5, 5.41) is 8.80. The molecule has 0 aromatic carbocycles. The van der Waals surface area contributed by atoms with Crippen LogP contribution in [0.15, 0.2) is 16.1 Å². The van der Waals surface area contributed by atoms with E-state index >= 15 is 0 Å². The van der Waals surface area contributed by atoms with Crippen LogP contribution in [0.1, 0.15) is 16.7 Å². The summed E-state index contributed by atoms with van der Waals surface area (Å²) in [6.07, 6.45) is 2.00. The topological polar surface area (TPSA) is 20.2 Å². The van der Waals surface area contributed by atoms with E-state index < -0.39 is 0 Å². The van der Waals surface area contributed by atoms with Crippen LogP contribution in [0, 0.1) is 6.92 Å². The predicted octanol–water partition coefficient (Wildman–Crippen LogP) is 3.21. The normalized spacial score (nSPS) is 12.2. The van der Waals surface area contributed by atoms with E-state index in [1.165, 1.54) is 9.75 Å². The molecule has 0 atom stereocenters. The van der Waals surface area contributed by atoms with E-state index in [-0.39, 0.29) is 6.61 Å². The molecule has 1 heterocycles. The Labute approximate surface area is 84.9 Å². The maximum Gasteiger partial charge on any atom is 0.0642 e. The van der Waals surface area contributed by atoms with Gasteiger partial charge in [-0.15, -0.1) is 11.3 Å². The van der Waals surface area contributed by atoms with Crippen LogP contribution < -0.4 is 0 Å². The van der Waals surface area contributed by atoms with Crippen molar-refractivity contribution in [3.63, 3.8) is 0 Å². The highest BCUT2D eigenvalue weighted by atomic mass is 79.9. The van der Waals surface area contributed by atoms with Crippen LogP contribution in [-0.4, -0.2) is 11.7 Å². The average molecular weight is 247 g/mol. The molecule has 0 bridgehead atoms. The molecule has 1 aromatic heterocycles. The number of aliphatic hydroxyl groups is 1. The minimum atomic E-state index is 0.133. The van der Waals surface area contributed by atoms with Gasteiger partial charge in [0.15, 0.2) is 0 Å². The summed E-state index contributed by atoms with van der Waals surface area (Å²) in [5.74, 6) is 0. The van der Waals surface area contributed by atoms with Gasteiger partial charge in [0.25, 0.3) is 0 Å². The Morgan fingerprint density at radius 1 is 1.75 bits per heavy atom. The molecule has 0 aliphatic carbocycles. The minimum absolute atomic E-state index is 0.133. The molecular weight excluding hydrogens is 236 g/mol. The zero-order chi connectivity index (χ0) is 9.14. The van der Waals surface area contributed by atoms with Gasteiger partial charge in [0.05, 0.1) is 6.61 Å². The van der Waals surface area contributed by atoms with E-state index in [0.29, 0.717) is 0 Å². The lowest BCUT2D eigenvalue weighted by Gasteiger charge is -1.90. The Hall–Kier alpha value is -0.120. The first kappa shape index (κ1) is 9.96. The second kappa shape index (κ2) is 4.21. The Morgan fingerprint density at radius 3 is 2.83 bits per heavy atom. The zero-order valence-electron chi connectivity index (χ0n) is 7.10. The van der Waals surface area contributed by atoms with Gasteiger partial charge in [-0.05, 0) is 47.5 Å². The van der Waals surface area contributed by atoms with Crippen LogP contribution in [0.2, 0.25) is 0 Å². The van der Waals surface area contributed by atoms with E-state index in [0.717, 1.165) is 10.0 Å². The molecule has 0 amide bonds. The molecule has 0 radical (unpaired) electrons. The lowest BCUT2D eigenvalue weighted by Crippen LogP contribution is -1.81. The molecule has 1 rings (SSSR count). The molecule has 0 spiro atoms. The Morgan fingerprint density at radius 2 is 2.42 bits per heavy atom. The minimum Gasteiger partial charge on any atom is -0.392 e. The fraction of sp³-hybridized carbons (Fsp3) is 0.333. The summed E-state index contributed by atoms with van der Waals surface area (Å²) >= 11 is 5.17. The standard InChI is InChI=1S/C9H11BrOS/c1-6(5-11)3-8-4-9(10)7(2)12-8/h3-4,11H,5H2,1-2H3. The third-order valence-corrected chi connectivity index (χ3v) is 3.60. The average Bonchev–Trinajstić information content (AvgIpc) is 2.31. The summed E-state index contributed by atoms with van der Waals surface area (Å²) in [6, 6.07) is 2.07. The maximum atomic E-state index is 8.80. The number of thiophene rings is 1. The van der Waals surface area contributed by atoms with Gasteiger partial charge < -0.3 is 5.11 Å². The molecule has 3 heteroatoms. The lowest BCUT2D eigenvalue weighted by molar-refractivity contribution is 0.332. The molecule has 0 saturated heterocycles. The molecule has 66 valence electrons. The van der Waals surface area contributed by atoms with Crippen LogP contribution in [0.25, 0.3) is 6.08 Å². The molecule has 0 fully saturated rings. The highest BCUT2D eigenvalue weighted by Crippen LogP contribution is 2.27. The largest absolute Gasteiger partial charge is 0.392 e. The monoisotopic (exact) mass is 246 g/mol. The van der Waals surface area contributed by atoms with Crippen LogP contribution in [0.4, 0.5) is 0 Å². The number of aliphatic hydroxyl groups excluding tert-OH is 1. The second-order valence-corrected chi connectivity index (χ2v) is 4.84. The van der Waals surface area contributed by atoms with Gasteiger partial charge in [0.2, 0.25) is 0 Å². The first-order chi connectivity index (χ1) is 5.63. The van der Waals surface area contributed by atoms with Crippen molar-refractivity contribution in [2.45, 2.75) is 13.8 Å². The summed E-state index contributed by atoms with van der Waals surface area (Å²) < 4.78 is 1.14. The number of hydrogen-bond acceptors (Lipinski definition) is 2. The van der Waals surface area contributed by atoms with Crippen LogP contribution >= 0.6 is 27.3 Å². The van der Waals surface area contributed by atoms with Crippen molar-refractivity contribution >= 4 is 33.3 Å². The number of halogens is 1. The van der Waals surface area contributed by atoms with E-state index in [2.05, 4.69) is 28.9 Å². The predicted molar refractivity (Wildman–Crippen MR) is 57.5 cm³/mol. The molecule has 0 aliphatic rings. The third-order valence-electron chi connectivity index (χ3n) is 1.51. The highest BCUT2D eigenvalue weighted by molar-refractivity contribution is 9.10. The molecule has 12 heavy (non-hydrogen) atoms. The molecule has 0 aliphatic heterocycles. The SMILES string of the molecule is CC(=Cc1cc(Br)c(C)s1)CO. The van der Waals surface area contributed by atoms with Crippen molar-refractivity contribution in [1.29, 1.82) is 0 Å². The van der Waals surface area contributed by atoms with Gasteiger partial charge >= 0.3 is 0 Å². The van der Waals surface area contributed by atoms with Gasteiger partial charge in [0.1, 0.15) is 0 Å². The lowest BCUT2D eigenvalue weighted by atomic mass is 10.3. The highest BCUT2D eigenvalue weighted by Gasteiger charge is 1.99. The van der Waals surface area contributed by atoms with Crippen LogP contribution in [0.5, 0.6) is 0 Å². The summed E-state index contributed by atoms with van der Waals surface area (Å²) in [6.45, 7) is 4.12. The maximum absolute atomic E-state index is 8.80. The summed E-state index contributed by atoms with van der Waals surface area (Å²) in [7, 11) is 0. The molecule has 0 unspecified atom stereocenters. The molecule has 1 N–H and O–H groups in total. The Balaban J connectivity index is 2.90.